The van der Waals surface area contributed by atoms with E-state index in [0.29, 0.717) is 0 Å². The van der Waals surface area contributed by atoms with Crippen LogP contribution >= 0.6 is 11.3 Å². The Morgan fingerprint density at radius 3 is 2.69 bits per heavy atom. The summed E-state index contributed by atoms with van der Waals surface area (Å²) in [5.41, 5.74) is 0. The highest BCUT2D eigenvalue weighted by atomic mass is 32.1. The molecule has 1 saturated carbocycles. The second-order valence-electron chi connectivity index (χ2n) is 4.96. The molecule has 0 bridgehead atoms. The molecule has 0 unspecified atom stereocenters. The first kappa shape index (κ1) is 10.3. The van der Waals surface area contributed by atoms with Crippen LogP contribution in [-0.2, 0) is 6.42 Å². The molecule has 0 saturated heterocycles. The summed E-state index contributed by atoms with van der Waals surface area (Å²) in [5, 5.41) is 1.43. The smallest absolute Gasteiger partial charge is 0.0345 e. The molecular formula is C15H18S. The summed E-state index contributed by atoms with van der Waals surface area (Å²) in [6.45, 7) is 0. The van der Waals surface area contributed by atoms with E-state index in [1.807, 2.05) is 11.3 Å². The molecule has 1 heterocycles. The maximum Gasteiger partial charge on any atom is 0.0345 e. The summed E-state index contributed by atoms with van der Waals surface area (Å²) in [6.07, 6.45) is 8.59. The third-order valence-electron chi connectivity index (χ3n) is 3.69. The topological polar surface area (TPSA) is 0 Å². The van der Waals surface area contributed by atoms with Crippen LogP contribution in [0.3, 0.4) is 0 Å². The Morgan fingerprint density at radius 1 is 1.06 bits per heavy atom. The number of thiophene rings is 1. The second kappa shape index (κ2) is 4.58. The molecule has 0 aliphatic heterocycles. The van der Waals surface area contributed by atoms with Crippen molar-refractivity contribution < 1.29 is 0 Å². The summed E-state index contributed by atoms with van der Waals surface area (Å²) in [6, 6.07) is 11.2. The van der Waals surface area contributed by atoms with Crippen molar-refractivity contribution in [2.45, 2.75) is 38.5 Å². The number of hydrogen-bond acceptors (Lipinski definition) is 1. The lowest BCUT2D eigenvalue weighted by Gasteiger charge is -2.20. The van der Waals surface area contributed by atoms with Crippen LogP contribution in [0.4, 0.5) is 0 Å². The molecular weight excluding hydrogens is 212 g/mol. The zero-order chi connectivity index (χ0) is 10.8. The van der Waals surface area contributed by atoms with Crippen LogP contribution < -0.4 is 0 Å². The van der Waals surface area contributed by atoms with Gasteiger partial charge in [-0.25, -0.2) is 0 Å². The highest BCUT2D eigenvalue weighted by Gasteiger charge is 2.14. The van der Waals surface area contributed by atoms with Crippen molar-refractivity contribution in [2.24, 2.45) is 5.92 Å². The van der Waals surface area contributed by atoms with Gasteiger partial charge in [0.15, 0.2) is 0 Å². The van der Waals surface area contributed by atoms with E-state index in [1.165, 1.54) is 48.6 Å². The minimum absolute atomic E-state index is 0.960. The van der Waals surface area contributed by atoms with Gasteiger partial charge in [0.25, 0.3) is 0 Å². The highest BCUT2D eigenvalue weighted by molar-refractivity contribution is 7.19. The normalized spacial score (nSPS) is 18.0. The summed E-state index contributed by atoms with van der Waals surface area (Å²) in [5.74, 6) is 0.960. The maximum atomic E-state index is 2.40. The molecule has 0 spiro atoms. The molecule has 0 amide bonds. The Balaban J connectivity index is 1.78. The molecule has 0 nitrogen and oxygen atoms in total. The largest absolute Gasteiger partial charge is 0.140 e. The predicted octanol–water partition coefficient (Wildman–Crippen LogP) is 5.02. The molecule has 0 N–H and O–H groups in total. The second-order valence-corrected chi connectivity index (χ2v) is 6.13. The first-order chi connectivity index (χ1) is 7.92. The Morgan fingerprint density at radius 2 is 1.88 bits per heavy atom. The number of hydrogen-bond donors (Lipinski definition) is 0. The minimum atomic E-state index is 0.960. The molecule has 1 aromatic heterocycles. The predicted molar refractivity (Wildman–Crippen MR) is 72.1 cm³/mol. The van der Waals surface area contributed by atoms with Crippen LogP contribution in [0.5, 0.6) is 0 Å². The summed E-state index contributed by atoms with van der Waals surface area (Å²) < 4.78 is 1.45. The standard InChI is InChI=1S/C15H18S/c1-2-6-12(7-3-1)10-14-11-13-8-4-5-9-15(13)16-14/h4-5,8-9,11-12H,1-3,6-7,10H2. The van der Waals surface area contributed by atoms with Crippen molar-refractivity contribution in [3.63, 3.8) is 0 Å². The Labute approximate surface area is 101 Å². The Bertz CT molecular complexity index is 430. The van der Waals surface area contributed by atoms with Gasteiger partial charge in [-0.3, -0.25) is 0 Å². The molecule has 1 aliphatic rings. The van der Waals surface area contributed by atoms with Gasteiger partial charge in [-0.05, 0) is 29.9 Å². The zero-order valence-corrected chi connectivity index (χ0v) is 10.4. The van der Waals surface area contributed by atoms with Crippen molar-refractivity contribution in [1.82, 2.24) is 0 Å². The van der Waals surface area contributed by atoms with E-state index in [0.717, 1.165) is 5.92 Å². The van der Waals surface area contributed by atoms with Gasteiger partial charge in [-0.2, -0.15) is 0 Å². The van der Waals surface area contributed by atoms with Crippen molar-refractivity contribution in [2.75, 3.05) is 0 Å². The van der Waals surface area contributed by atoms with Crippen LogP contribution in [0.1, 0.15) is 37.0 Å². The lowest BCUT2D eigenvalue weighted by atomic mass is 9.86. The van der Waals surface area contributed by atoms with E-state index < -0.39 is 0 Å². The summed E-state index contributed by atoms with van der Waals surface area (Å²) in [7, 11) is 0. The maximum absolute atomic E-state index is 2.40. The van der Waals surface area contributed by atoms with E-state index in [4.69, 9.17) is 0 Å². The fourth-order valence-electron chi connectivity index (χ4n) is 2.81. The molecule has 1 fully saturated rings. The van der Waals surface area contributed by atoms with Gasteiger partial charge < -0.3 is 0 Å². The summed E-state index contributed by atoms with van der Waals surface area (Å²) >= 11 is 1.99. The lowest BCUT2D eigenvalue weighted by molar-refractivity contribution is 0.358. The van der Waals surface area contributed by atoms with Crippen LogP contribution in [0.25, 0.3) is 10.1 Å². The molecule has 0 radical (unpaired) electrons. The molecule has 3 rings (SSSR count). The first-order valence-corrected chi connectivity index (χ1v) is 7.21. The average molecular weight is 230 g/mol. The lowest BCUT2D eigenvalue weighted by Crippen LogP contribution is -2.08. The molecule has 1 aromatic carbocycles. The SMILES string of the molecule is c1ccc2sc(CC3CCCCC3)cc2c1. The van der Waals surface area contributed by atoms with Crippen molar-refractivity contribution in [1.29, 1.82) is 0 Å². The number of benzene rings is 1. The number of rotatable bonds is 2. The van der Waals surface area contributed by atoms with Crippen molar-refractivity contribution in [3.05, 3.63) is 35.2 Å². The van der Waals surface area contributed by atoms with Gasteiger partial charge in [0.2, 0.25) is 0 Å². The van der Waals surface area contributed by atoms with E-state index in [1.54, 1.807) is 4.88 Å². The number of fused-ring (bicyclic) bond motifs is 1. The molecule has 16 heavy (non-hydrogen) atoms. The van der Waals surface area contributed by atoms with Crippen LogP contribution in [-0.4, -0.2) is 0 Å². The van der Waals surface area contributed by atoms with Crippen LogP contribution in [0, 0.1) is 5.92 Å². The Hall–Kier alpha value is -0.820. The van der Waals surface area contributed by atoms with Crippen molar-refractivity contribution >= 4 is 21.4 Å². The fourth-order valence-corrected chi connectivity index (χ4v) is 3.99. The van der Waals surface area contributed by atoms with Gasteiger partial charge in [0.05, 0.1) is 0 Å². The summed E-state index contributed by atoms with van der Waals surface area (Å²) in [4.78, 5) is 1.59. The molecule has 2 aromatic rings. The van der Waals surface area contributed by atoms with Gasteiger partial charge >= 0.3 is 0 Å². The third-order valence-corrected chi connectivity index (χ3v) is 4.83. The van der Waals surface area contributed by atoms with Crippen molar-refractivity contribution in [3.8, 4) is 0 Å². The highest BCUT2D eigenvalue weighted by Crippen LogP contribution is 2.32. The molecule has 84 valence electrons. The minimum Gasteiger partial charge on any atom is -0.140 e. The monoisotopic (exact) mass is 230 g/mol. The Kier molecular flexibility index (Phi) is 2.96. The average Bonchev–Trinajstić information content (AvgIpc) is 2.72. The van der Waals surface area contributed by atoms with Gasteiger partial charge in [0, 0.05) is 9.58 Å². The van der Waals surface area contributed by atoms with Crippen LogP contribution in [0.2, 0.25) is 0 Å². The quantitative estimate of drug-likeness (QED) is 0.679. The molecule has 0 atom stereocenters. The van der Waals surface area contributed by atoms with Gasteiger partial charge in [-0.15, -0.1) is 11.3 Å². The van der Waals surface area contributed by atoms with E-state index in [2.05, 4.69) is 30.3 Å². The van der Waals surface area contributed by atoms with E-state index >= 15 is 0 Å². The zero-order valence-electron chi connectivity index (χ0n) is 9.61. The van der Waals surface area contributed by atoms with Crippen LogP contribution in [0.15, 0.2) is 30.3 Å². The van der Waals surface area contributed by atoms with Gasteiger partial charge in [-0.1, -0.05) is 50.3 Å². The molecule has 1 aliphatic carbocycles. The fraction of sp³-hybridized carbons (Fsp3) is 0.467. The van der Waals surface area contributed by atoms with E-state index in [9.17, 15) is 0 Å². The third kappa shape index (κ3) is 2.15. The van der Waals surface area contributed by atoms with Gasteiger partial charge in [0.1, 0.15) is 0 Å². The molecule has 1 heteroatoms. The first-order valence-electron chi connectivity index (χ1n) is 6.39. The van der Waals surface area contributed by atoms with E-state index in [-0.39, 0.29) is 0 Å².